The van der Waals surface area contributed by atoms with Gasteiger partial charge in [0.1, 0.15) is 0 Å². The molecule has 3 rings (SSSR count). The van der Waals surface area contributed by atoms with Crippen LogP contribution in [-0.2, 0) is 12.8 Å². The van der Waals surface area contributed by atoms with Crippen molar-refractivity contribution in [2.45, 2.75) is 45.1 Å². The number of aliphatic hydroxyl groups is 1. The van der Waals surface area contributed by atoms with Crippen LogP contribution in [0.4, 0.5) is 0 Å². The van der Waals surface area contributed by atoms with Gasteiger partial charge < -0.3 is 10.0 Å². The molecule has 2 aliphatic rings. The summed E-state index contributed by atoms with van der Waals surface area (Å²) in [5, 5.41) is 9.97. The van der Waals surface area contributed by atoms with Crippen molar-refractivity contribution in [1.82, 2.24) is 4.90 Å². The number of hydrogen-bond acceptors (Lipinski definition) is 3. The third kappa shape index (κ3) is 2.56. The largest absolute Gasteiger partial charge is 0.388 e. The van der Waals surface area contributed by atoms with Crippen LogP contribution in [0, 0.1) is 5.92 Å². The Bertz CT molecular complexity index is 506. The predicted octanol–water partition coefficient (Wildman–Crippen LogP) is 2.47. The van der Waals surface area contributed by atoms with Crippen LogP contribution in [0.15, 0.2) is 6.07 Å². The molecule has 0 saturated carbocycles. The lowest BCUT2D eigenvalue weighted by Crippen LogP contribution is -2.33. The first-order valence-electron chi connectivity index (χ1n) is 7.08. The Labute approximate surface area is 118 Å². The van der Waals surface area contributed by atoms with E-state index in [4.69, 9.17) is 0 Å². The van der Waals surface area contributed by atoms with Gasteiger partial charge >= 0.3 is 0 Å². The van der Waals surface area contributed by atoms with E-state index in [1.54, 1.807) is 23.2 Å². The molecule has 104 valence electrons. The zero-order valence-corrected chi connectivity index (χ0v) is 12.4. The molecule has 2 unspecified atom stereocenters. The smallest absolute Gasteiger partial charge is 0.264 e. The molecule has 2 atom stereocenters. The van der Waals surface area contributed by atoms with E-state index >= 15 is 0 Å². The Kier molecular flexibility index (Phi) is 3.18. The maximum absolute atomic E-state index is 12.5. The highest BCUT2D eigenvalue weighted by Gasteiger charge is 2.35. The molecule has 1 aromatic heterocycles. The number of hydrogen-bond donors (Lipinski definition) is 1. The monoisotopic (exact) mass is 279 g/mol. The van der Waals surface area contributed by atoms with Crippen LogP contribution < -0.4 is 0 Å². The molecule has 1 amide bonds. The van der Waals surface area contributed by atoms with Crippen molar-refractivity contribution < 1.29 is 9.90 Å². The summed E-state index contributed by atoms with van der Waals surface area (Å²) in [4.78, 5) is 16.5. The predicted molar refractivity (Wildman–Crippen MR) is 76.7 cm³/mol. The molecule has 1 aromatic rings. The number of aryl methyl sites for hydroxylation is 1. The topological polar surface area (TPSA) is 40.5 Å². The second-order valence-corrected chi connectivity index (χ2v) is 7.52. The first-order valence-corrected chi connectivity index (χ1v) is 7.89. The van der Waals surface area contributed by atoms with E-state index < -0.39 is 5.60 Å². The first-order chi connectivity index (χ1) is 8.94. The van der Waals surface area contributed by atoms with Gasteiger partial charge in [-0.15, -0.1) is 11.3 Å². The zero-order valence-electron chi connectivity index (χ0n) is 11.6. The van der Waals surface area contributed by atoms with Crippen molar-refractivity contribution >= 4 is 17.2 Å². The summed E-state index contributed by atoms with van der Waals surface area (Å²) >= 11 is 1.66. The second kappa shape index (κ2) is 4.60. The minimum Gasteiger partial charge on any atom is -0.388 e. The van der Waals surface area contributed by atoms with Crippen molar-refractivity contribution in [2.24, 2.45) is 5.92 Å². The van der Waals surface area contributed by atoms with Gasteiger partial charge in [-0.25, -0.2) is 0 Å². The van der Waals surface area contributed by atoms with E-state index in [1.165, 1.54) is 16.9 Å². The quantitative estimate of drug-likeness (QED) is 0.858. The van der Waals surface area contributed by atoms with Crippen LogP contribution in [0.3, 0.4) is 0 Å². The highest BCUT2D eigenvalue weighted by Crippen LogP contribution is 2.33. The van der Waals surface area contributed by atoms with Crippen molar-refractivity contribution in [2.75, 3.05) is 13.1 Å². The number of thiophene rings is 1. The summed E-state index contributed by atoms with van der Waals surface area (Å²) in [7, 11) is 0. The normalized spacial score (nSPS) is 30.5. The van der Waals surface area contributed by atoms with Crippen molar-refractivity contribution in [3.8, 4) is 0 Å². The second-order valence-electron chi connectivity index (χ2n) is 6.38. The third-order valence-electron chi connectivity index (χ3n) is 4.28. The summed E-state index contributed by atoms with van der Waals surface area (Å²) in [5.41, 5.74) is 0.666. The first kappa shape index (κ1) is 13.1. The molecule has 0 aromatic carbocycles. The molecule has 0 radical (unpaired) electrons. The minimum atomic E-state index is -0.707. The van der Waals surface area contributed by atoms with Crippen molar-refractivity contribution in [3.05, 3.63) is 21.4 Å². The van der Waals surface area contributed by atoms with Crippen LogP contribution in [0.2, 0.25) is 0 Å². The molecule has 1 aliphatic carbocycles. The number of β-amino-alcohol motifs (C(OH)–C–C–N with tert-alkyl or cyclic N) is 1. The van der Waals surface area contributed by atoms with Crippen molar-refractivity contribution in [3.63, 3.8) is 0 Å². The Morgan fingerprint density at radius 1 is 1.58 bits per heavy atom. The van der Waals surface area contributed by atoms with Gasteiger partial charge in [-0.2, -0.15) is 0 Å². The van der Waals surface area contributed by atoms with Crippen LogP contribution in [0.5, 0.6) is 0 Å². The van der Waals surface area contributed by atoms with E-state index in [-0.39, 0.29) is 5.91 Å². The maximum atomic E-state index is 12.5. The van der Waals surface area contributed by atoms with E-state index in [0.717, 1.165) is 23.6 Å². The van der Waals surface area contributed by atoms with E-state index in [2.05, 4.69) is 13.0 Å². The highest BCUT2D eigenvalue weighted by atomic mass is 32.1. The van der Waals surface area contributed by atoms with Gasteiger partial charge in [0, 0.05) is 18.0 Å². The van der Waals surface area contributed by atoms with Crippen LogP contribution >= 0.6 is 11.3 Å². The number of carbonyl (C=O) groups is 1. The van der Waals surface area contributed by atoms with E-state index in [1.807, 2.05) is 0 Å². The van der Waals surface area contributed by atoms with Crippen LogP contribution in [0.1, 0.15) is 46.8 Å². The molecule has 1 aliphatic heterocycles. The molecule has 0 spiro atoms. The molecule has 2 heterocycles. The van der Waals surface area contributed by atoms with E-state index in [9.17, 15) is 9.90 Å². The van der Waals surface area contributed by atoms with Gasteiger partial charge in [0.2, 0.25) is 0 Å². The Morgan fingerprint density at radius 2 is 2.37 bits per heavy atom. The highest BCUT2D eigenvalue weighted by molar-refractivity contribution is 7.14. The zero-order chi connectivity index (χ0) is 13.6. The minimum absolute atomic E-state index is 0.102. The number of amides is 1. The summed E-state index contributed by atoms with van der Waals surface area (Å²) in [6, 6.07) is 2.09. The summed E-state index contributed by atoms with van der Waals surface area (Å²) in [6.07, 6.45) is 4.14. The lowest BCUT2D eigenvalue weighted by molar-refractivity contribution is 0.0575. The Morgan fingerprint density at radius 3 is 3.05 bits per heavy atom. The molecule has 1 saturated heterocycles. The third-order valence-corrected chi connectivity index (χ3v) is 5.50. The Hall–Kier alpha value is -0.870. The molecule has 1 fully saturated rings. The molecule has 3 nitrogen and oxygen atoms in total. The molecule has 19 heavy (non-hydrogen) atoms. The van der Waals surface area contributed by atoms with Gasteiger partial charge in [0.15, 0.2) is 0 Å². The van der Waals surface area contributed by atoms with Crippen LogP contribution in [0.25, 0.3) is 0 Å². The van der Waals surface area contributed by atoms with Gasteiger partial charge in [-0.3, -0.25) is 4.79 Å². The summed E-state index contributed by atoms with van der Waals surface area (Å²) < 4.78 is 0. The maximum Gasteiger partial charge on any atom is 0.264 e. The summed E-state index contributed by atoms with van der Waals surface area (Å²) in [6.45, 7) is 5.22. The number of likely N-dealkylation sites (tertiary alicyclic amines) is 1. The van der Waals surface area contributed by atoms with E-state index in [0.29, 0.717) is 19.5 Å². The number of carbonyl (C=O) groups excluding carboxylic acids is 1. The number of nitrogens with zero attached hydrogens (tertiary/aromatic N) is 1. The molecular weight excluding hydrogens is 258 g/mol. The SMILES string of the molecule is CC1CCc2sc(C(=O)N3CCC(C)(O)C3)cc2C1. The van der Waals surface area contributed by atoms with Crippen molar-refractivity contribution in [1.29, 1.82) is 0 Å². The summed E-state index contributed by atoms with van der Waals surface area (Å²) in [5.74, 6) is 0.836. The Balaban J connectivity index is 1.78. The van der Waals surface area contributed by atoms with Crippen LogP contribution in [-0.4, -0.2) is 34.6 Å². The number of rotatable bonds is 1. The average molecular weight is 279 g/mol. The fourth-order valence-electron chi connectivity index (χ4n) is 3.09. The lowest BCUT2D eigenvalue weighted by Gasteiger charge is -2.18. The molecule has 0 bridgehead atoms. The standard InChI is InChI=1S/C15H21NO2S/c1-10-3-4-12-11(7-10)8-13(19-12)14(17)16-6-5-15(2,18)9-16/h8,10,18H,3-7,9H2,1-2H3. The van der Waals surface area contributed by atoms with Gasteiger partial charge in [-0.05, 0) is 50.2 Å². The number of fused-ring (bicyclic) bond motifs is 1. The lowest BCUT2D eigenvalue weighted by atomic mass is 9.90. The molecule has 1 N–H and O–H groups in total. The average Bonchev–Trinajstić information content (AvgIpc) is 2.90. The van der Waals surface area contributed by atoms with Gasteiger partial charge in [0.05, 0.1) is 10.5 Å². The molecular formula is C15H21NO2S. The fourth-order valence-corrected chi connectivity index (χ4v) is 4.26. The fraction of sp³-hybridized carbons (Fsp3) is 0.667. The van der Waals surface area contributed by atoms with Gasteiger partial charge in [-0.1, -0.05) is 6.92 Å². The van der Waals surface area contributed by atoms with Gasteiger partial charge in [0.25, 0.3) is 5.91 Å². The molecule has 4 heteroatoms.